The SMILES string of the molecule is C[C@H]([C@@H]1CC[C@@H](C)[C@H](O[C@@H]2O[C@@H](C)[C@H](O)[C@@H](O)[C@H]2O)O1)[C@H]1CC[C@H]2C3=CC(=O)[C@H]4C[C@@H](O[C@@H]5O[C@H](CO)[C@@H](O)[C@H](O)[C@H]5O[C@@H]5O[C@@H](C)[C@H](O)[C@@H](O)[C@H]5O)CC[C@]4(C)[C@H]3CC[C@]12C. The Morgan fingerprint density at radius 3 is 1.89 bits per heavy atom. The largest absolute Gasteiger partial charge is 0.394 e. The van der Waals surface area contributed by atoms with E-state index in [1.54, 1.807) is 6.92 Å². The summed E-state index contributed by atoms with van der Waals surface area (Å²) >= 11 is 0. The van der Waals surface area contributed by atoms with Crippen LogP contribution in [0.15, 0.2) is 11.6 Å². The van der Waals surface area contributed by atoms with Crippen molar-refractivity contribution in [3.05, 3.63) is 11.6 Å². The maximum atomic E-state index is 14.4. The molecule has 4 saturated heterocycles. The maximum absolute atomic E-state index is 14.4. The summed E-state index contributed by atoms with van der Waals surface area (Å²) in [5.41, 5.74) is 0.899. The third kappa shape index (κ3) is 8.19. The fourth-order valence-electron chi connectivity index (χ4n) is 13.1. The molecular formula is C45H72O17. The van der Waals surface area contributed by atoms with E-state index in [-0.39, 0.29) is 52.3 Å². The molecule has 4 heterocycles. The molecule has 0 bridgehead atoms. The molecule has 17 heteroatoms. The Labute approximate surface area is 363 Å². The Balaban J connectivity index is 0.936. The molecular weight excluding hydrogens is 812 g/mol. The van der Waals surface area contributed by atoms with Crippen molar-refractivity contribution >= 4 is 5.78 Å². The molecule has 62 heavy (non-hydrogen) atoms. The lowest BCUT2D eigenvalue weighted by Crippen LogP contribution is -2.64. The van der Waals surface area contributed by atoms with Gasteiger partial charge in [0.25, 0.3) is 0 Å². The molecule has 0 spiro atoms. The van der Waals surface area contributed by atoms with Gasteiger partial charge in [-0.05, 0) is 112 Å². The van der Waals surface area contributed by atoms with Crippen LogP contribution in [0.25, 0.3) is 0 Å². The van der Waals surface area contributed by atoms with Crippen LogP contribution in [0.1, 0.15) is 99.3 Å². The van der Waals surface area contributed by atoms with Crippen LogP contribution in [0.5, 0.6) is 0 Å². The molecule has 0 unspecified atom stereocenters. The number of ether oxygens (including phenoxy) is 7. The number of carbonyl (C=O) groups excluding carboxylic acids is 1. The third-order valence-corrected chi connectivity index (χ3v) is 17.2. The van der Waals surface area contributed by atoms with Gasteiger partial charge in [-0.2, -0.15) is 0 Å². The molecule has 8 aliphatic rings. The Hall–Kier alpha value is -1.23. The van der Waals surface area contributed by atoms with Crippen LogP contribution in [0.3, 0.4) is 0 Å². The average Bonchev–Trinajstić information content (AvgIpc) is 3.60. The van der Waals surface area contributed by atoms with E-state index >= 15 is 0 Å². The zero-order valence-corrected chi connectivity index (χ0v) is 36.8. The van der Waals surface area contributed by atoms with Crippen molar-refractivity contribution in [2.75, 3.05) is 6.61 Å². The van der Waals surface area contributed by atoms with Crippen LogP contribution >= 0.6 is 0 Å². The Morgan fingerprint density at radius 2 is 1.24 bits per heavy atom. The highest BCUT2D eigenvalue weighted by Crippen LogP contribution is 2.67. The van der Waals surface area contributed by atoms with Crippen LogP contribution in [-0.4, -0.2) is 169 Å². The van der Waals surface area contributed by atoms with Gasteiger partial charge in [0.15, 0.2) is 30.9 Å². The van der Waals surface area contributed by atoms with Crippen LogP contribution in [-0.2, 0) is 38.0 Å². The lowest BCUT2D eigenvalue weighted by Gasteiger charge is -2.57. The predicted octanol–water partition coefficient (Wildman–Crippen LogP) is 0.403. The van der Waals surface area contributed by atoms with E-state index in [2.05, 4.69) is 20.8 Å². The smallest absolute Gasteiger partial charge is 0.189 e. The molecule has 0 aromatic carbocycles. The second-order valence-corrected chi connectivity index (χ2v) is 20.7. The number of fused-ring (bicyclic) bond motifs is 5. The molecule has 0 aromatic rings. The van der Waals surface area contributed by atoms with Gasteiger partial charge < -0.3 is 79.1 Å². The summed E-state index contributed by atoms with van der Waals surface area (Å²) in [6.45, 7) is 11.4. The average molecular weight is 885 g/mol. The first-order valence-corrected chi connectivity index (χ1v) is 23.2. The molecule has 26 atom stereocenters. The molecule has 4 aliphatic heterocycles. The quantitative estimate of drug-likeness (QED) is 0.152. The van der Waals surface area contributed by atoms with Crippen molar-refractivity contribution in [1.82, 2.24) is 0 Å². The van der Waals surface area contributed by atoms with Crippen LogP contribution < -0.4 is 0 Å². The fraction of sp³-hybridized carbons (Fsp3) is 0.933. The van der Waals surface area contributed by atoms with Gasteiger partial charge in [0.05, 0.1) is 31.0 Å². The normalized spacial score (nSPS) is 55.1. The second kappa shape index (κ2) is 18.1. The molecule has 0 amide bonds. The summed E-state index contributed by atoms with van der Waals surface area (Å²) in [6, 6.07) is 0. The van der Waals surface area contributed by atoms with Gasteiger partial charge in [0.2, 0.25) is 0 Å². The van der Waals surface area contributed by atoms with Crippen molar-refractivity contribution in [3.63, 3.8) is 0 Å². The first-order chi connectivity index (χ1) is 29.3. The minimum absolute atomic E-state index is 0.0327. The van der Waals surface area contributed by atoms with Gasteiger partial charge in [-0.3, -0.25) is 4.79 Å². The molecule has 7 fully saturated rings. The number of aliphatic hydroxyl groups is 9. The highest BCUT2D eigenvalue weighted by Gasteiger charge is 2.61. The first-order valence-electron chi connectivity index (χ1n) is 23.2. The van der Waals surface area contributed by atoms with Gasteiger partial charge in [-0.15, -0.1) is 0 Å². The van der Waals surface area contributed by atoms with E-state index < -0.39 is 111 Å². The van der Waals surface area contributed by atoms with E-state index in [9.17, 15) is 50.8 Å². The van der Waals surface area contributed by atoms with Crippen LogP contribution in [0.4, 0.5) is 0 Å². The number of rotatable bonds is 9. The number of ketones is 1. The minimum Gasteiger partial charge on any atom is -0.394 e. The van der Waals surface area contributed by atoms with Crippen LogP contribution in [0.2, 0.25) is 0 Å². The number of carbonyl (C=O) groups is 1. The van der Waals surface area contributed by atoms with Gasteiger partial charge >= 0.3 is 0 Å². The summed E-state index contributed by atoms with van der Waals surface area (Å²) < 4.78 is 42.6. The van der Waals surface area contributed by atoms with Gasteiger partial charge in [0.1, 0.15) is 61.0 Å². The molecule has 354 valence electrons. The maximum Gasteiger partial charge on any atom is 0.189 e. The highest BCUT2D eigenvalue weighted by molar-refractivity contribution is 5.94. The molecule has 9 N–H and O–H groups in total. The predicted molar refractivity (Wildman–Crippen MR) is 215 cm³/mol. The molecule has 17 nitrogen and oxygen atoms in total. The third-order valence-electron chi connectivity index (χ3n) is 17.2. The summed E-state index contributed by atoms with van der Waals surface area (Å²) in [5.74, 6) is 0.751. The standard InChI is InChI=1S/C45H72O17/c1-18-7-10-29(59-40(18)62-42-38(55)35(52)32(49)21(4)57-42)19(2)24-8-9-25-23-16-28(47)27-15-22(11-13-45(27,6)26(23)12-14-44(24,25)5)58-43-39(36(53)33(50)30(17-46)60-43)61-41-37(54)34(51)31(48)20(3)56-41/h16,18-22,24-27,29-43,46,48-55H,7-15,17H2,1-6H3/t18-,19+,20+,21+,22+,24-,25+,26+,27-,29+,30-,31+,32+,33-,34-,35-,36+,37-,38-,39-,40+,41+,42+,43-,44-,45-/m1/s1. The van der Waals surface area contributed by atoms with E-state index in [0.29, 0.717) is 25.2 Å². The summed E-state index contributed by atoms with van der Waals surface area (Å²) in [4.78, 5) is 14.4. The van der Waals surface area contributed by atoms with Crippen molar-refractivity contribution in [2.45, 2.75) is 210 Å². The molecule has 0 aromatic heterocycles. The van der Waals surface area contributed by atoms with Crippen LogP contribution in [0, 0.1) is 46.3 Å². The zero-order chi connectivity index (χ0) is 44.7. The van der Waals surface area contributed by atoms with Gasteiger partial charge in [-0.1, -0.05) is 33.3 Å². The lowest BCUT2D eigenvalue weighted by molar-refractivity contribution is -0.370. The topological polar surface area (TPSA) is 264 Å². The van der Waals surface area contributed by atoms with Gasteiger partial charge in [0, 0.05) is 11.8 Å². The molecule has 3 saturated carbocycles. The van der Waals surface area contributed by atoms with E-state index in [1.807, 2.05) is 13.0 Å². The van der Waals surface area contributed by atoms with Crippen molar-refractivity contribution < 1.29 is 83.9 Å². The Kier molecular flexibility index (Phi) is 13.8. The minimum atomic E-state index is -1.68. The molecule has 0 radical (unpaired) electrons. The van der Waals surface area contributed by atoms with Crippen molar-refractivity contribution in [2.24, 2.45) is 46.3 Å². The summed E-state index contributed by atoms with van der Waals surface area (Å²) in [7, 11) is 0. The molecule has 8 rings (SSSR count). The first kappa shape index (κ1) is 47.3. The highest BCUT2D eigenvalue weighted by atomic mass is 16.8. The lowest BCUT2D eigenvalue weighted by atomic mass is 9.47. The summed E-state index contributed by atoms with van der Waals surface area (Å²) in [5, 5.41) is 94.4. The Morgan fingerprint density at radius 1 is 0.629 bits per heavy atom. The number of aliphatic hydroxyl groups excluding tert-OH is 9. The summed E-state index contributed by atoms with van der Waals surface area (Å²) in [6.07, 6.45) is -12.1. The van der Waals surface area contributed by atoms with Gasteiger partial charge in [-0.25, -0.2) is 0 Å². The van der Waals surface area contributed by atoms with Crippen molar-refractivity contribution in [3.8, 4) is 0 Å². The zero-order valence-electron chi connectivity index (χ0n) is 36.8. The van der Waals surface area contributed by atoms with E-state index in [1.165, 1.54) is 12.5 Å². The van der Waals surface area contributed by atoms with E-state index in [0.717, 1.165) is 38.5 Å². The van der Waals surface area contributed by atoms with Crippen molar-refractivity contribution in [1.29, 1.82) is 0 Å². The number of hydrogen-bond donors (Lipinski definition) is 9. The Bertz CT molecular complexity index is 1620. The number of allylic oxidation sites excluding steroid dienone is 2. The number of hydrogen-bond acceptors (Lipinski definition) is 17. The molecule has 4 aliphatic carbocycles. The second-order valence-electron chi connectivity index (χ2n) is 20.7. The fourth-order valence-corrected chi connectivity index (χ4v) is 13.1. The van der Waals surface area contributed by atoms with E-state index in [4.69, 9.17) is 33.2 Å². The monoisotopic (exact) mass is 884 g/mol.